The van der Waals surface area contributed by atoms with Gasteiger partial charge in [-0.25, -0.2) is 0 Å². The van der Waals surface area contributed by atoms with Crippen molar-refractivity contribution >= 4 is 16.8 Å². The number of aryl methyl sites for hydroxylation is 1. The smallest absolute Gasteiger partial charge is 0.223 e. The van der Waals surface area contributed by atoms with Crippen molar-refractivity contribution < 1.29 is 4.79 Å². The largest absolute Gasteiger partial charge is 0.358 e. The predicted octanol–water partition coefficient (Wildman–Crippen LogP) is 3.72. The van der Waals surface area contributed by atoms with Gasteiger partial charge in [-0.1, -0.05) is 37.5 Å². The van der Waals surface area contributed by atoms with Gasteiger partial charge in [0.25, 0.3) is 0 Å². The number of rotatable bonds is 2. The Balaban J connectivity index is 1.50. The van der Waals surface area contributed by atoms with Crippen LogP contribution in [-0.2, 0) is 17.6 Å². The van der Waals surface area contributed by atoms with Crippen LogP contribution in [-0.4, -0.2) is 16.9 Å². The molecule has 2 aliphatic carbocycles. The number of amides is 1. The molecule has 2 N–H and O–H groups in total. The van der Waals surface area contributed by atoms with E-state index in [9.17, 15) is 4.79 Å². The SMILES string of the molecule is O=C(NC1CCCCC1)C1CCc2[nH]c3ccccc3c2C1. The highest BCUT2D eigenvalue weighted by Crippen LogP contribution is 2.32. The Hall–Kier alpha value is -1.77. The van der Waals surface area contributed by atoms with Crippen molar-refractivity contribution in [2.24, 2.45) is 5.92 Å². The maximum absolute atomic E-state index is 12.6. The monoisotopic (exact) mass is 296 g/mol. The fourth-order valence-corrected chi connectivity index (χ4v) is 4.16. The summed E-state index contributed by atoms with van der Waals surface area (Å²) in [6.07, 6.45) is 9.04. The zero-order chi connectivity index (χ0) is 14.9. The molecule has 1 atom stereocenters. The molecule has 2 aliphatic rings. The van der Waals surface area contributed by atoms with Crippen LogP contribution in [0.25, 0.3) is 10.9 Å². The topological polar surface area (TPSA) is 44.9 Å². The third kappa shape index (κ3) is 2.53. The van der Waals surface area contributed by atoms with Crippen molar-refractivity contribution in [1.82, 2.24) is 10.3 Å². The molecule has 3 heteroatoms. The summed E-state index contributed by atoms with van der Waals surface area (Å²) in [6.45, 7) is 0. The van der Waals surface area contributed by atoms with E-state index >= 15 is 0 Å². The minimum Gasteiger partial charge on any atom is -0.358 e. The van der Waals surface area contributed by atoms with Crippen LogP contribution in [0.4, 0.5) is 0 Å². The Morgan fingerprint density at radius 2 is 1.91 bits per heavy atom. The summed E-state index contributed by atoms with van der Waals surface area (Å²) >= 11 is 0. The van der Waals surface area contributed by atoms with Crippen LogP contribution in [0.1, 0.15) is 49.8 Å². The Kier molecular flexibility index (Phi) is 3.65. The summed E-state index contributed by atoms with van der Waals surface area (Å²) in [5.74, 6) is 0.427. The van der Waals surface area contributed by atoms with E-state index in [4.69, 9.17) is 0 Å². The van der Waals surface area contributed by atoms with Gasteiger partial charge < -0.3 is 10.3 Å². The highest BCUT2D eigenvalue weighted by Gasteiger charge is 2.28. The minimum absolute atomic E-state index is 0.147. The first-order valence-electron chi connectivity index (χ1n) is 8.70. The number of carbonyl (C=O) groups excluding carboxylic acids is 1. The van der Waals surface area contributed by atoms with Gasteiger partial charge in [-0.3, -0.25) is 4.79 Å². The van der Waals surface area contributed by atoms with E-state index in [0.717, 1.165) is 32.1 Å². The second kappa shape index (κ2) is 5.79. The second-order valence-corrected chi connectivity index (χ2v) is 6.91. The fourth-order valence-electron chi connectivity index (χ4n) is 4.16. The van der Waals surface area contributed by atoms with Gasteiger partial charge in [0.05, 0.1) is 0 Å². The van der Waals surface area contributed by atoms with Gasteiger partial charge in [-0.2, -0.15) is 0 Å². The molecular weight excluding hydrogens is 272 g/mol. The summed E-state index contributed by atoms with van der Waals surface area (Å²) in [4.78, 5) is 16.1. The summed E-state index contributed by atoms with van der Waals surface area (Å²) in [6, 6.07) is 8.88. The van der Waals surface area contributed by atoms with Crippen molar-refractivity contribution in [2.45, 2.75) is 57.4 Å². The second-order valence-electron chi connectivity index (χ2n) is 6.91. The van der Waals surface area contributed by atoms with Crippen molar-refractivity contribution in [3.05, 3.63) is 35.5 Å². The third-order valence-electron chi connectivity index (χ3n) is 5.42. The molecule has 0 aliphatic heterocycles. The van der Waals surface area contributed by atoms with Gasteiger partial charge in [0.2, 0.25) is 5.91 Å². The molecule has 0 radical (unpaired) electrons. The number of hydrogen-bond donors (Lipinski definition) is 2. The van der Waals surface area contributed by atoms with Crippen LogP contribution in [0.5, 0.6) is 0 Å². The minimum atomic E-state index is 0.147. The van der Waals surface area contributed by atoms with Gasteiger partial charge in [-0.15, -0.1) is 0 Å². The number of H-pyrrole nitrogens is 1. The molecule has 1 aromatic carbocycles. The molecule has 1 heterocycles. The van der Waals surface area contributed by atoms with Crippen LogP contribution in [0, 0.1) is 5.92 Å². The molecule has 0 saturated heterocycles. The van der Waals surface area contributed by atoms with Gasteiger partial charge in [0.1, 0.15) is 0 Å². The zero-order valence-corrected chi connectivity index (χ0v) is 13.0. The Morgan fingerprint density at radius 1 is 1.09 bits per heavy atom. The first-order chi connectivity index (χ1) is 10.8. The van der Waals surface area contributed by atoms with Gasteiger partial charge in [0.15, 0.2) is 0 Å². The van der Waals surface area contributed by atoms with E-state index in [1.807, 2.05) is 0 Å². The lowest BCUT2D eigenvalue weighted by molar-refractivity contribution is -0.126. The molecule has 1 unspecified atom stereocenters. The summed E-state index contributed by atoms with van der Waals surface area (Å²) in [5, 5.41) is 4.61. The normalized spacial score (nSPS) is 22.5. The zero-order valence-electron chi connectivity index (χ0n) is 13.0. The Labute approximate surface area is 131 Å². The van der Waals surface area contributed by atoms with Crippen LogP contribution >= 0.6 is 0 Å². The summed E-state index contributed by atoms with van der Waals surface area (Å²) in [7, 11) is 0. The van der Waals surface area contributed by atoms with E-state index in [0.29, 0.717) is 6.04 Å². The van der Waals surface area contributed by atoms with Crippen LogP contribution < -0.4 is 5.32 Å². The van der Waals surface area contributed by atoms with Crippen LogP contribution in [0.15, 0.2) is 24.3 Å². The first kappa shape index (κ1) is 13.9. The molecule has 2 aromatic rings. The van der Waals surface area contributed by atoms with Crippen LogP contribution in [0.2, 0.25) is 0 Å². The molecule has 1 amide bonds. The number of benzene rings is 1. The van der Waals surface area contributed by atoms with Crippen LogP contribution in [0.3, 0.4) is 0 Å². The third-order valence-corrected chi connectivity index (χ3v) is 5.42. The van der Waals surface area contributed by atoms with Gasteiger partial charge in [0, 0.05) is 28.6 Å². The predicted molar refractivity (Wildman–Crippen MR) is 88.8 cm³/mol. The van der Waals surface area contributed by atoms with E-state index in [1.165, 1.54) is 41.4 Å². The summed E-state index contributed by atoms with van der Waals surface area (Å²) in [5.41, 5.74) is 3.91. The fraction of sp³-hybridized carbons (Fsp3) is 0.526. The first-order valence-corrected chi connectivity index (χ1v) is 8.70. The number of para-hydroxylation sites is 1. The number of aromatic amines is 1. The van der Waals surface area contributed by atoms with Gasteiger partial charge >= 0.3 is 0 Å². The molecule has 116 valence electrons. The molecular formula is C19H24N2O. The Morgan fingerprint density at radius 3 is 2.77 bits per heavy atom. The lowest BCUT2D eigenvalue weighted by atomic mass is 9.85. The maximum atomic E-state index is 12.6. The standard InChI is InChI=1S/C19H24N2O/c22-19(20-14-6-2-1-3-7-14)13-10-11-18-16(12-13)15-8-4-5-9-17(15)21-18/h4-5,8-9,13-14,21H,1-3,6-7,10-12H2,(H,20,22). The maximum Gasteiger partial charge on any atom is 0.223 e. The lowest BCUT2D eigenvalue weighted by Gasteiger charge is -2.27. The van der Waals surface area contributed by atoms with Crippen molar-refractivity contribution in [2.75, 3.05) is 0 Å². The van der Waals surface area contributed by atoms with E-state index in [2.05, 4.69) is 34.6 Å². The molecule has 22 heavy (non-hydrogen) atoms. The van der Waals surface area contributed by atoms with Gasteiger partial charge in [-0.05, 0) is 43.7 Å². The summed E-state index contributed by atoms with van der Waals surface area (Å²) < 4.78 is 0. The van der Waals surface area contributed by atoms with Crippen molar-refractivity contribution in [3.8, 4) is 0 Å². The highest BCUT2D eigenvalue weighted by molar-refractivity contribution is 5.87. The molecule has 1 saturated carbocycles. The Bertz CT molecular complexity index is 682. The van der Waals surface area contributed by atoms with E-state index in [1.54, 1.807) is 0 Å². The molecule has 3 nitrogen and oxygen atoms in total. The highest BCUT2D eigenvalue weighted by atomic mass is 16.1. The molecule has 1 aromatic heterocycles. The number of aromatic nitrogens is 1. The van der Waals surface area contributed by atoms with Crippen molar-refractivity contribution in [1.29, 1.82) is 0 Å². The van der Waals surface area contributed by atoms with E-state index < -0.39 is 0 Å². The number of fused-ring (bicyclic) bond motifs is 3. The lowest BCUT2D eigenvalue weighted by Crippen LogP contribution is -2.41. The van der Waals surface area contributed by atoms with Crippen molar-refractivity contribution in [3.63, 3.8) is 0 Å². The molecule has 0 bridgehead atoms. The average molecular weight is 296 g/mol. The quantitative estimate of drug-likeness (QED) is 0.871. The molecule has 4 rings (SSSR count). The molecule has 1 fully saturated rings. The average Bonchev–Trinajstić information content (AvgIpc) is 2.93. The molecule has 0 spiro atoms. The van der Waals surface area contributed by atoms with E-state index in [-0.39, 0.29) is 11.8 Å². The number of carbonyl (C=O) groups is 1. The number of hydrogen-bond acceptors (Lipinski definition) is 1. The number of nitrogens with one attached hydrogen (secondary N) is 2.